The standard InChI is InChI=1S/C18H18FN5O/c1-13(18(25)23(2)12-14-7-4-3-5-8-14)24-21-17(20-22-24)15-9-6-10-16(19)11-15/h3-11,13H,12H2,1-2H3/t13-/m0/s1. The second-order valence-electron chi connectivity index (χ2n) is 5.80. The minimum absolute atomic E-state index is 0.132. The summed E-state index contributed by atoms with van der Waals surface area (Å²) in [5.41, 5.74) is 1.56. The van der Waals surface area contributed by atoms with E-state index in [-0.39, 0.29) is 17.5 Å². The Morgan fingerprint density at radius 2 is 1.96 bits per heavy atom. The third kappa shape index (κ3) is 3.88. The number of rotatable bonds is 5. The highest BCUT2D eigenvalue weighted by Gasteiger charge is 2.22. The van der Waals surface area contributed by atoms with Gasteiger partial charge in [0, 0.05) is 19.2 Å². The Bertz CT molecular complexity index is 865. The average molecular weight is 339 g/mol. The van der Waals surface area contributed by atoms with E-state index in [2.05, 4.69) is 15.4 Å². The molecule has 1 atom stereocenters. The van der Waals surface area contributed by atoms with E-state index < -0.39 is 6.04 Å². The van der Waals surface area contributed by atoms with Crippen molar-refractivity contribution in [1.82, 2.24) is 25.1 Å². The maximum atomic E-state index is 13.3. The Morgan fingerprint density at radius 3 is 2.68 bits per heavy atom. The molecule has 0 fully saturated rings. The van der Waals surface area contributed by atoms with Gasteiger partial charge in [0.1, 0.15) is 11.9 Å². The van der Waals surface area contributed by atoms with Crippen molar-refractivity contribution in [3.63, 3.8) is 0 Å². The van der Waals surface area contributed by atoms with Crippen molar-refractivity contribution in [2.75, 3.05) is 7.05 Å². The second kappa shape index (κ2) is 7.21. The van der Waals surface area contributed by atoms with E-state index in [1.165, 1.54) is 16.9 Å². The maximum Gasteiger partial charge on any atom is 0.249 e. The van der Waals surface area contributed by atoms with Crippen molar-refractivity contribution in [2.45, 2.75) is 19.5 Å². The van der Waals surface area contributed by atoms with Crippen molar-refractivity contribution >= 4 is 5.91 Å². The van der Waals surface area contributed by atoms with Gasteiger partial charge in [0.05, 0.1) is 0 Å². The third-order valence-electron chi connectivity index (χ3n) is 3.85. The summed E-state index contributed by atoms with van der Waals surface area (Å²) in [5, 5.41) is 12.1. The largest absolute Gasteiger partial charge is 0.340 e. The van der Waals surface area contributed by atoms with Crippen LogP contribution in [0.5, 0.6) is 0 Å². The molecule has 3 rings (SSSR count). The Morgan fingerprint density at radius 1 is 1.20 bits per heavy atom. The predicted octanol–water partition coefficient (Wildman–Crippen LogP) is 2.70. The number of benzene rings is 2. The number of aromatic nitrogens is 4. The van der Waals surface area contributed by atoms with Crippen molar-refractivity contribution in [3.8, 4) is 11.4 Å². The molecule has 0 unspecified atom stereocenters. The van der Waals surface area contributed by atoms with E-state index in [1.807, 2.05) is 30.3 Å². The highest BCUT2D eigenvalue weighted by molar-refractivity contribution is 5.79. The monoisotopic (exact) mass is 339 g/mol. The Hall–Kier alpha value is -3.09. The molecule has 0 bridgehead atoms. The zero-order chi connectivity index (χ0) is 17.8. The van der Waals surface area contributed by atoms with Crippen LogP contribution in [-0.4, -0.2) is 38.1 Å². The van der Waals surface area contributed by atoms with Gasteiger partial charge in [-0.3, -0.25) is 4.79 Å². The zero-order valence-electron chi connectivity index (χ0n) is 14.0. The number of tetrazole rings is 1. The van der Waals surface area contributed by atoms with Crippen LogP contribution in [0.4, 0.5) is 4.39 Å². The fourth-order valence-electron chi connectivity index (χ4n) is 2.49. The Balaban J connectivity index is 1.72. The lowest BCUT2D eigenvalue weighted by molar-refractivity contribution is -0.134. The molecular formula is C18H18FN5O. The van der Waals surface area contributed by atoms with Gasteiger partial charge in [0.25, 0.3) is 0 Å². The molecule has 2 aromatic carbocycles. The molecule has 0 saturated heterocycles. The fraction of sp³-hybridized carbons (Fsp3) is 0.222. The molecule has 25 heavy (non-hydrogen) atoms. The molecule has 0 spiro atoms. The number of carbonyl (C=O) groups is 1. The predicted molar refractivity (Wildman–Crippen MR) is 90.8 cm³/mol. The molecule has 1 heterocycles. The zero-order valence-corrected chi connectivity index (χ0v) is 14.0. The van der Waals surface area contributed by atoms with Crippen LogP contribution in [0.25, 0.3) is 11.4 Å². The second-order valence-corrected chi connectivity index (χ2v) is 5.80. The van der Waals surface area contributed by atoms with Gasteiger partial charge in [-0.25, -0.2) is 4.39 Å². The lowest BCUT2D eigenvalue weighted by atomic mass is 10.2. The fourth-order valence-corrected chi connectivity index (χ4v) is 2.49. The van der Waals surface area contributed by atoms with Gasteiger partial charge in [0.15, 0.2) is 0 Å². The van der Waals surface area contributed by atoms with Crippen LogP contribution in [0.1, 0.15) is 18.5 Å². The molecule has 1 amide bonds. The summed E-state index contributed by atoms with van der Waals surface area (Å²) in [7, 11) is 1.73. The number of likely N-dealkylation sites (N-methyl/N-ethyl adjacent to an activating group) is 1. The lowest BCUT2D eigenvalue weighted by Gasteiger charge is -2.20. The van der Waals surface area contributed by atoms with E-state index in [0.29, 0.717) is 12.1 Å². The van der Waals surface area contributed by atoms with Crippen LogP contribution in [-0.2, 0) is 11.3 Å². The Labute approximate surface area is 144 Å². The van der Waals surface area contributed by atoms with Crippen LogP contribution in [0.2, 0.25) is 0 Å². The molecule has 1 aromatic heterocycles. The summed E-state index contributed by atoms with van der Waals surface area (Å²) in [5.74, 6) is -0.225. The first-order chi connectivity index (χ1) is 12.0. The Kier molecular flexibility index (Phi) is 4.83. The summed E-state index contributed by atoms with van der Waals surface area (Å²) in [4.78, 5) is 15.5. The molecule has 0 aliphatic heterocycles. The summed E-state index contributed by atoms with van der Waals surface area (Å²) in [6.07, 6.45) is 0. The minimum atomic E-state index is -0.608. The molecule has 0 aliphatic rings. The van der Waals surface area contributed by atoms with E-state index in [0.717, 1.165) is 5.56 Å². The molecular weight excluding hydrogens is 321 g/mol. The molecule has 128 valence electrons. The van der Waals surface area contributed by atoms with Crippen molar-refractivity contribution in [3.05, 3.63) is 66.0 Å². The average Bonchev–Trinajstić information content (AvgIpc) is 3.11. The van der Waals surface area contributed by atoms with Gasteiger partial charge in [-0.1, -0.05) is 42.5 Å². The minimum Gasteiger partial charge on any atom is -0.340 e. The molecule has 0 N–H and O–H groups in total. The van der Waals surface area contributed by atoms with Crippen molar-refractivity contribution < 1.29 is 9.18 Å². The van der Waals surface area contributed by atoms with Gasteiger partial charge in [0.2, 0.25) is 11.7 Å². The van der Waals surface area contributed by atoms with Gasteiger partial charge >= 0.3 is 0 Å². The van der Waals surface area contributed by atoms with Crippen LogP contribution < -0.4 is 0 Å². The molecule has 0 aliphatic carbocycles. The normalized spacial score (nSPS) is 12.0. The van der Waals surface area contributed by atoms with E-state index in [9.17, 15) is 9.18 Å². The lowest BCUT2D eigenvalue weighted by Crippen LogP contribution is -2.33. The van der Waals surface area contributed by atoms with E-state index in [4.69, 9.17) is 0 Å². The number of carbonyl (C=O) groups excluding carboxylic acids is 1. The third-order valence-corrected chi connectivity index (χ3v) is 3.85. The summed E-state index contributed by atoms with van der Waals surface area (Å²) in [6.45, 7) is 2.20. The highest BCUT2D eigenvalue weighted by atomic mass is 19.1. The van der Waals surface area contributed by atoms with E-state index in [1.54, 1.807) is 31.0 Å². The highest BCUT2D eigenvalue weighted by Crippen LogP contribution is 2.16. The van der Waals surface area contributed by atoms with Gasteiger partial charge in [-0.05, 0) is 29.8 Å². The quantitative estimate of drug-likeness (QED) is 0.717. The number of amides is 1. The molecule has 0 radical (unpaired) electrons. The number of nitrogens with zero attached hydrogens (tertiary/aromatic N) is 5. The van der Waals surface area contributed by atoms with Crippen LogP contribution in [0.15, 0.2) is 54.6 Å². The first kappa shape index (κ1) is 16.8. The molecule has 6 nitrogen and oxygen atoms in total. The van der Waals surface area contributed by atoms with Crippen LogP contribution >= 0.6 is 0 Å². The number of hydrogen-bond donors (Lipinski definition) is 0. The smallest absolute Gasteiger partial charge is 0.249 e. The molecule has 3 aromatic rings. The van der Waals surface area contributed by atoms with Crippen molar-refractivity contribution in [2.24, 2.45) is 0 Å². The number of halogens is 1. The maximum absolute atomic E-state index is 13.3. The van der Waals surface area contributed by atoms with Gasteiger partial charge < -0.3 is 4.90 Å². The first-order valence-corrected chi connectivity index (χ1v) is 7.89. The van der Waals surface area contributed by atoms with Crippen LogP contribution in [0, 0.1) is 5.82 Å². The summed E-state index contributed by atoms with van der Waals surface area (Å²) >= 11 is 0. The van der Waals surface area contributed by atoms with Crippen LogP contribution in [0.3, 0.4) is 0 Å². The number of hydrogen-bond acceptors (Lipinski definition) is 4. The van der Waals surface area contributed by atoms with E-state index >= 15 is 0 Å². The van der Waals surface area contributed by atoms with Crippen molar-refractivity contribution in [1.29, 1.82) is 0 Å². The SMILES string of the molecule is C[C@@H](C(=O)N(C)Cc1ccccc1)n1nnc(-c2cccc(F)c2)n1. The molecule has 0 saturated carbocycles. The topological polar surface area (TPSA) is 63.9 Å². The summed E-state index contributed by atoms with van der Waals surface area (Å²) in [6, 6.07) is 15.1. The summed E-state index contributed by atoms with van der Waals surface area (Å²) < 4.78 is 13.3. The van der Waals surface area contributed by atoms with Gasteiger partial charge in [-0.2, -0.15) is 4.80 Å². The first-order valence-electron chi connectivity index (χ1n) is 7.89. The van der Waals surface area contributed by atoms with Gasteiger partial charge in [-0.15, -0.1) is 10.2 Å². The molecule has 7 heteroatoms.